The van der Waals surface area contributed by atoms with E-state index in [4.69, 9.17) is 0 Å². The van der Waals surface area contributed by atoms with Crippen molar-refractivity contribution >= 4 is 0 Å². The zero-order valence-electron chi connectivity index (χ0n) is 9.61. The van der Waals surface area contributed by atoms with Crippen molar-refractivity contribution in [2.75, 3.05) is 13.1 Å². The first-order chi connectivity index (χ1) is 7.27. The highest BCUT2D eigenvalue weighted by Gasteiger charge is 2.37. The summed E-state index contributed by atoms with van der Waals surface area (Å²) in [6.07, 6.45) is 5.13. The van der Waals surface area contributed by atoms with Gasteiger partial charge >= 0.3 is 0 Å². The van der Waals surface area contributed by atoms with Crippen LogP contribution in [0.15, 0.2) is 24.5 Å². The smallest absolute Gasteiger partial charge is 0.0270 e. The van der Waals surface area contributed by atoms with E-state index in [0.717, 1.165) is 24.3 Å². The van der Waals surface area contributed by atoms with Crippen molar-refractivity contribution in [3.05, 3.63) is 30.1 Å². The maximum atomic E-state index is 4.05. The van der Waals surface area contributed by atoms with E-state index in [0.29, 0.717) is 0 Å². The van der Waals surface area contributed by atoms with Crippen molar-refractivity contribution in [2.24, 2.45) is 11.8 Å². The molecule has 2 nitrogen and oxygen atoms in total. The summed E-state index contributed by atoms with van der Waals surface area (Å²) in [7, 11) is 0. The summed E-state index contributed by atoms with van der Waals surface area (Å²) in [6, 6.07) is 4.29. The second-order valence-corrected chi connectivity index (χ2v) is 4.93. The Morgan fingerprint density at radius 3 is 2.80 bits per heavy atom. The second-order valence-electron chi connectivity index (χ2n) is 4.93. The molecule has 1 fully saturated rings. The van der Waals surface area contributed by atoms with E-state index in [2.05, 4.69) is 36.3 Å². The van der Waals surface area contributed by atoms with E-state index in [9.17, 15) is 0 Å². The number of rotatable bonds is 5. The molecule has 0 aliphatic heterocycles. The van der Waals surface area contributed by atoms with Gasteiger partial charge in [0, 0.05) is 12.4 Å². The van der Waals surface area contributed by atoms with E-state index in [1.54, 1.807) is 0 Å². The lowest BCUT2D eigenvalue weighted by Crippen LogP contribution is -2.22. The first kappa shape index (κ1) is 10.6. The standard InChI is InChI=1S/C13H20N2/c1-10(2)8-15-9-12-7-13(12)11-3-5-14-6-4-11/h3-6,10,12-13,15H,7-9H2,1-2H3. The van der Waals surface area contributed by atoms with Crippen molar-refractivity contribution < 1.29 is 0 Å². The quantitative estimate of drug-likeness (QED) is 0.796. The Hall–Kier alpha value is -0.890. The number of pyridine rings is 1. The van der Waals surface area contributed by atoms with Gasteiger partial charge in [-0.25, -0.2) is 0 Å². The van der Waals surface area contributed by atoms with Gasteiger partial charge < -0.3 is 5.32 Å². The zero-order valence-corrected chi connectivity index (χ0v) is 9.61. The largest absolute Gasteiger partial charge is 0.316 e. The highest BCUT2D eigenvalue weighted by molar-refractivity contribution is 5.23. The lowest BCUT2D eigenvalue weighted by Gasteiger charge is -2.06. The fourth-order valence-corrected chi connectivity index (χ4v) is 2.05. The molecular formula is C13H20N2. The van der Waals surface area contributed by atoms with Gasteiger partial charge in [0.2, 0.25) is 0 Å². The second kappa shape index (κ2) is 4.75. The van der Waals surface area contributed by atoms with E-state index in [1.165, 1.54) is 18.5 Å². The maximum Gasteiger partial charge on any atom is 0.0270 e. The third-order valence-corrected chi connectivity index (χ3v) is 3.02. The molecular weight excluding hydrogens is 184 g/mol. The van der Waals surface area contributed by atoms with Gasteiger partial charge in [-0.05, 0) is 55.0 Å². The average molecular weight is 204 g/mol. The third-order valence-electron chi connectivity index (χ3n) is 3.02. The van der Waals surface area contributed by atoms with E-state index < -0.39 is 0 Å². The van der Waals surface area contributed by atoms with Crippen LogP contribution in [-0.2, 0) is 0 Å². The maximum absolute atomic E-state index is 4.05. The van der Waals surface area contributed by atoms with Crippen LogP contribution in [-0.4, -0.2) is 18.1 Å². The molecule has 1 N–H and O–H groups in total. The average Bonchev–Trinajstić information content (AvgIpc) is 2.98. The summed E-state index contributed by atoms with van der Waals surface area (Å²) < 4.78 is 0. The van der Waals surface area contributed by atoms with Crippen molar-refractivity contribution in [3.8, 4) is 0 Å². The normalized spacial score (nSPS) is 24.5. The van der Waals surface area contributed by atoms with E-state index in [1.807, 2.05) is 12.4 Å². The highest BCUT2D eigenvalue weighted by atomic mass is 14.9. The van der Waals surface area contributed by atoms with Crippen LogP contribution in [0.5, 0.6) is 0 Å². The Labute approximate surface area is 92.1 Å². The van der Waals surface area contributed by atoms with Crippen LogP contribution in [0.1, 0.15) is 31.7 Å². The molecule has 2 heteroatoms. The molecule has 1 aromatic heterocycles. The Bertz CT molecular complexity index is 295. The molecule has 1 aliphatic carbocycles. The SMILES string of the molecule is CC(C)CNCC1CC1c1ccncc1. The predicted octanol–water partition coefficient (Wildman–Crippen LogP) is 2.43. The minimum atomic E-state index is 0.753. The van der Waals surface area contributed by atoms with Gasteiger partial charge in [-0.15, -0.1) is 0 Å². The lowest BCUT2D eigenvalue weighted by molar-refractivity contribution is 0.532. The molecule has 0 aromatic carbocycles. The number of hydrogen-bond acceptors (Lipinski definition) is 2. The summed E-state index contributed by atoms with van der Waals surface area (Å²) in [5, 5.41) is 3.53. The topological polar surface area (TPSA) is 24.9 Å². The van der Waals surface area contributed by atoms with Crippen molar-refractivity contribution in [1.29, 1.82) is 0 Å². The van der Waals surface area contributed by atoms with Gasteiger partial charge in [0.1, 0.15) is 0 Å². The van der Waals surface area contributed by atoms with Crippen LogP contribution in [0.2, 0.25) is 0 Å². The number of aromatic nitrogens is 1. The minimum absolute atomic E-state index is 0.753. The predicted molar refractivity (Wildman–Crippen MR) is 62.8 cm³/mol. The summed E-state index contributed by atoms with van der Waals surface area (Å²) >= 11 is 0. The molecule has 2 rings (SSSR count). The molecule has 0 amide bonds. The fraction of sp³-hybridized carbons (Fsp3) is 0.615. The van der Waals surface area contributed by atoms with Crippen LogP contribution in [0.25, 0.3) is 0 Å². The number of hydrogen-bond donors (Lipinski definition) is 1. The highest BCUT2D eigenvalue weighted by Crippen LogP contribution is 2.46. The van der Waals surface area contributed by atoms with Gasteiger partial charge in [-0.1, -0.05) is 13.8 Å². The molecule has 1 aliphatic rings. The molecule has 2 atom stereocenters. The van der Waals surface area contributed by atoms with Gasteiger partial charge in [-0.2, -0.15) is 0 Å². The fourth-order valence-electron chi connectivity index (χ4n) is 2.05. The Kier molecular flexibility index (Phi) is 3.37. The summed E-state index contributed by atoms with van der Waals surface area (Å²) in [6.45, 7) is 6.81. The molecule has 2 unspecified atom stereocenters. The van der Waals surface area contributed by atoms with Crippen LogP contribution < -0.4 is 5.32 Å². The molecule has 1 heterocycles. The Balaban J connectivity index is 1.72. The monoisotopic (exact) mass is 204 g/mol. The first-order valence-corrected chi connectivity index (χ1v) is 5.88. The molecule has 15 heavy (non-hydrogen) atoms. The third kappa shape index (κ3) is 3.03. The lowest BCUT2D eigenvalue weighted by atomic mass is 10.1. The van der Waals surface area contributed by atoms with E-state index in [-0.39, 0.29) is 0 Å². The summed E-state index contributed by atoms with van der Waals surface area (Å²) in [4.78, 5) is 4.05. The summed E-state index contributed by atoms with van der Waals surface area (Å²) in [5.74, 6) is 2.39. The molecule has 0 saturated heterocycles. The van der Waals surface area contributed by atoms with Crippen LogP contribution in [0.3, 0.4) is 0 Å². The first-order valence-electron chi connectivity index (χ1n) is 5.88. The zero-order chi connectivity index (χ0) is 10.7. The van der Waals surface area contributed by atoms with Crippen LogP contribution >= 0.6 is 0 Å². The van der Waals surface area contributed by atoms with Crippen molar-refractivity contribution in [1.82, 2.24) is 10.3 Å². The molecule has 0 spiro atoms. The Morgan fingerprint density at radius 2 is 2.13 bits per heavy atom. The minimum Gasteiger partial charge on any atom is -0.316 e. The van der Waals surface area contributed by atoms with Gasteiger partial charge in [-0.3, -0.25) is 4.98 Å². The molecule has 0 bridgehead atoms. The van der Waals surface area contributed by atoms with Gasteiger partial charge in [0.05, 0.1) is 0 Å². The Morgan fingerprint density at radius 1 is 1.40 bits per heavy atom. The molecule has 1 aromatic rings. The van der Waals surface area contributed by atoms with Crippen molar-refractivity contribution in [3.63, 3.8) is 0 Å². The van der Waals surface area contributed by atoms with Gasteiger partial charge in [0.15, 0.2) is 0 Å². The van der Waals surface area contributed by atoms with Crippen LogP contribution in [0.4, 0.5) is 0 Å². The summed E-state index contributed by atoms with van der Waals surface area (Å²) in [5.41, 5.74) is 1.46. The molecule has 82 valence electrons. The van der Waals surface area contributed by atoms with Crippen LogP contribution in [0, 0.1) is 11.8 Å². The van der Waals surface area contributed by atoms with E-state index >= 15 is 0 Å². The number of nitrogens with zero attached hydrogens (tertiary/aromatic N) is 1. The molecule has 0 radical (unpaired) electrons. The number of nitrogens with one attached hydrogen (secondary N) is 1. The van der Waals surface area contributed by atoms with Gasteiger partial charge in [0.25, 0.3) is 0 Å². The van der Waals surface area contributed by atoms with Crippen molar-refractivity contribution in [2.45, 2.75) is 26.2 Å². The molecule has 1 saturated carbocycles.